The van der Waals surface area contributed by atoms with Crippen LogP contribution in [0, 0.1) is 11.6 Å². The normalized spacial score (nSPS) is 10.8. The molecule has 0 aliphatic heterocycles. The SMILES string of the molecule is Nc1ncccc1-c1cc(Cc2ccc(CNc3cc(F)cc(F)c3)cc2)no1. The van der Waals surface area contributed by atoms with Gasteiger partial charge in [0.05, 0.1) is 11.3 Å². The van der Waals surface area contributed by atoms with Gasteiger partial charge in [0.25, 0.3) is 0 Å². The van der Waals surface area contributed by atoms with Gasteiger partial charge in [-0.15, -0.1) is 0 Å². The number of hydrogen-bond acceptors (Lipinski definition) is 5. The Hall–Kier alpha value is -3.74. The number of rotatable bonds is 6. The number of nitrogen functional groups attached to an aromatic ring is 1. The minimum atomic E-state index is -0.608. The maximum absolute atomic E-state index is 13.2. The smallest absolute Gasteiger partial charge is 0.170 e. The Morgan fingerprint density at radius 1 is 0.931 bits per heavy atom. The van der Waals surface area contributed by atoms with E-state index in [-0.39, 0.29) is 0 Å². The van der Waals surface area contributed by atoms with E-state index in [2.05, 4.69) is 15.5 Å². The van der Waals surface area contributed by atoms with Crippen LogP contribution in [0.25, 0.3) is 11.3 Å². The molecule has 2 aromatic heterocycles. The first-order valence-electron chi connectivity index (χ1n) is 9.01. The molecular formula is C22H18F2N4O. The summed E-state index contributed by atoms with van der Waals surface area (Å²) in [5.41, 5.74) is 9.81. The van der Waals surface area contributed by atoms with E-state index in [1.54, 1.807) is 12.3 Å². The number of pyridine rings is 1. The van der Waals surface area contributed by atoms with Gasteiger partial charge in [-0.1, -0.05) is 29.4 Å². The minimum absolute atomic E-state index is 0.394. The summed E-state index contributed by atoms with van der Waals surface area (Å²) in [6.07, 6.45) is 2.23. The van der Waals surface area contributed by atoms with Crippen LogP contribution in [0.2, 0.25) is 0 Å². The molecule has 0 aliphatic rings. The number of benzene rings is 2. The lowest BCUT2D eigenvalue weighted by Gasteiger charge is -2.08. The van der Waals surface area contributed by atoms with Crippen LogP contribution < -0.4 is 11.1 Å². The van der Waals surface area contributed by atoms with Crippen molar-refractivity contribution in [1.29, 1.82) is 0 Å². The zero-order chi connectivity index (χ0) is 20.2. The Morgan fingerprint density at radius 3 is 2.38 bits per heavy atom. The predicted octanol–water partition coefficient (Wildman–Crippen LogP) is 4.80. The van der Waals surface area contributed by atoms with Crippen molar-refractivity contribution in [2.75, 3.05) is 11.1 Å². The highest BCUT2D eigenvalue weighted by molar-refractivity contribution is 5.69. The van der Waals surface area contributed by atoms with Gasteiger partial charge in [-0.3, -0.25) is 0 Å². The summed E-state index contributed by atoms with van der Waals surface area (Å²) in [6, 6.07) is 16.7. The van der Waals surface area contributed by atoms with E-state index in [9.17, 15) is 8.78 Å². The zero-order valence-electron chi connectivity index (χ0n) is 15.4. The van der Waals surface area contributed by atoms with Gasteiger partial charge in [-0.25, -0.2) is 13.8 Å². The fourth-order valence-corrected chi connectivity index (χ4v) is 2.99. The summed E-state index contributed by atoms with van der Waals surface area (Å²) in [6.45, 7) is 0.456. The van der Waals surface area contributed by atoms with Crippen LogP contribution >= 0.6 is 0 Å². The molecule has 0 radical (unpaired) electrons. The lowest BCUT2D eigenvalue weighted by Crippen LogP contribution is -2.00. The predicted molar refractivity (Wildman–Crippen MR) is 107 cm³/mol. The molecule has 0 saturated carbocycles. The van der Waals surface area contributed by atoms with Crippen LogP contribution in [0.15, 0.2) is 71.4 Å². The molecule has 4 aromatic rings. The molecule has 0 aliphatic carbocycles. The van der Waals surface area contributed by atoms with E-state index in [1.807, 2.05) is 36.4 Å². The van der Waals surface area contributed by atoms with Crippen molar-refractivity contribution < 1.29 is 13.3 Å². The van der Waals surface area contributed by atoms with Crippen LogP contribution in [0.3, 0.4) is 0 Å². The molecule has 0 unspecified atom stereocenters. The summed E-state index contributed by atoms with van der Waals surface area (Å²) < 4.78 is 31.9. The fourth-order valence-electron chi connectivity index (χ4n) is 2.99. The molecule has 0 atom stereocenters. The van der Waals surface area contributed by atoms with E-state index in [1.165, 1.54) is 12.1 Å². The first-order chi connectivity index (χ1) is 14.1. The molecule has 2 aromatic carbocycles. The van der Waals surface area contributed by atoms with Crippen molar-refractivity contribution in [3.8, 4) is 11.3 Å². The number of aromatic nitrogens is 2. The number of nitrogens with two attached hydrogens (primary N) is 1. The minimum Gasteiger partial charge on any atom is -0.383 e. The van der Waals surface area contributed by atoms with Crippen molar-refractivity contribution in [2.45, 2.75) is 13.0 Å². The third kappa shape index (κ3) is 4.57. The molecule has 2 heterocycles. The van der Waals surface area contributed by atoms with Crippen molar-refractivity contribution in [1.82, 2.24) is 10.1 Å². The van der Waals surface area contributed by atoms with Crippen LogP contribution in [-0.4, -0.2) is 10.1 Å². The average Bonchev–Trinajstić information content (AvgIpc) is 3.15. The third-order valence-corrected chi connectivity index (χ3v) is 4.43. The topological polar surface area (TPSA) is 77.0 Å². The van der Waals surface area contributed by atoms with E-state index in [0.717, 1.165) is 22.9 Å². The van der Waals surface area contributed by atoms with Crippen molar-refractivity contribution in [3.63, 3.8) is 0 Å². The van der Waals surface area contributed by atoms with Gasteiger partial charge in [0.15, 0.2) is 5.76 Å². The second kappa shape index (κ2) is 8.10. The summed E-state index contributed by atoms with van der Waals surface area (Å²) >= 11 is 0. The van der Waals surface area contributed by atoms with Gasteiger partial charge in [-0.2, -0.15) is 0 Å². The Balaban J connectivity index is 1.39. The van der Waals surface area contributed by atoms with Crippen molar-refractivity contribution >= 4 is 11.5 Å². The Kier molecular flexibility index (Phi) is 5.20. The summed E-state index contributed by atoms with van der Waals surface area (Å²) in [7, 11) is 0. The molecule has 0 bridgehead atoms. The largest absolute Gasteiger partial charge is 0.383 e. The van der Waals surface area contributed by atoms with Gasteiger partial charge >= 0.3 is 0 Å². The highest BCUT2D eigenvalue weighted by Crippen LogP contribution is 2.25. The number of hydrogen-bond donors (Lipinski definition) is 2. The summed E-state index contributed by atoms with van der Waals surface area (Å²) in [5.74, 6) is -0.246. The molecule has 0 fully saturated rings. The first kappa shape index (κ1) is 18.6. The van der Waals surface area contributed by atoms with Gasteiger partial charge in [0.2, 0.25) is 0 Å². The molecule has 4 rings (SSSR count). The van der Waals surface area contributed by atoms with Crippen LogP contribution in [0.1, 0.15) is 16.8 Å². The molecule has 5 nitrogen and oxygen atoms in total. The molecule has 0 amide bonds. The lowest BCUT2D eigenvalue weighted by atomic mass is 10.1. The Labute approximate surface area is 166 Å². The molecule has 7 heteroatoms. The Bertz CT molecular complexity index is 1110. The lowest BCUT2D eigenvalue weighted by molar-refractivity contribution is 0.425. The number of halogens is 2. The molecule has 0 spiro atoms. The van der Waals surface area contributed by atoms with Crippen molar-refractivity contribution in [3.05, 3.63) is 95.3 Å². The number of anilines is 2. The van der Waals surface area contributed by atoms with Crippen LogP contribution in [0.4, 0.5) is 20.3 Å². The standard InChI is InChI=1S/C22H18F2N4O/c23-16-9-17(24)11-18(10-16)27-13-15-5-3-14(4-6-15)8-19-12-21(29-28-19)20-2-1-7-26-22(20)25/h1-7,9-12,27H,8,13H2,(H2,25,26). The van der Waals surface area contributed by atoms with E-state index in [0.29, 0.717) is 35.8 Å². The van der Waals surface area contributed by atoms with Crippen LogP contribution in [-0.2, 0) is 13.0 Å². The van der Waals surface area contributed by atoms with Gasteiger partial charge in [0.1, 0.15) is 17.5 Å². The molecular weight excluding hydrogens is 374 g/mol. The third-order valence-electron chi connectivity index (χ3n) is 4.43. The number of nitrogens with one attached hydrogen (secondary N) is 1. The average molecular weight is 392 g/mol. The number of nitrogens with zero attached hydrogens (tertiary/aromatic N) is 2. The Morgan fingerprint density at radius 2 is 1.66 bits per heavy atom. The second-order valence-electron chi connectivity index (χ2n) is 6.62. The molecule has 3 N–H and O–H groups in total. The van der Waals surface area contributed by atoms with Crippen LogP contribution in [0.5, 0.6) is 0 Å². The summed E-state index contributed by atoms with van der Waals surface area (Å²) in [4.78, 5) is 4.05. The highest BCUT2D eigenvalue weighted by Gasteiger charge is 2.10. The zero-order valence-corrected chi connectivity index (χ0v) is 15.4. The quantitative estimate of drug-likeness (QED) is 0.493. The highest BCUT2D eigenvalue weighted by atomic mass is 19.1. The van der Waals surface area contributed by atoms with E-state index >= 15 is 0 Å². The fraction of sp³-hybridized carbons (Fsp3) is 0.0909. The maximum atomic E-state index is 13.2. The van der Waals surface area contributed by atoms with Gasteiger partial charge < -0.3 is 15.6 Å². The van der Waals surface area contributed by atoms with Gasteiger partial charge in [0, 0.05) is 37.0 Å². The van der Waals surface area contributed by atoms with Crippen molar-refractivity contribution in [2.24, 2.45) is 0 Å². The molecule has 146 valence electrons. The molecule has 0 saturated heterocycles. The second-order valence-corrected chi connectivity index (χ2v) is 6.62. The summed E-state index contributed by atoms with van der Waals surface area (Å²) in [5, 5.41) is 7.12. The first-order valence-corrected chi connectivity index (χ1v) is 9.01. The van der Waals surface area contributed by atoms with E-state index in [4.69, 9.17) is 10.3 Å². The maximum Gasteiger partial charge on any atom is 0.170 e. The monoisotopic (exact) mass is 392 g/mol. The van der Waals surface area contributed by atoms with E-state index < -0.39 is 11.6 Å². The molecule has 29 heavy (non-hydrogen) atoms. The van der Waals surface area contributed by atoms with Gasteiger partial charge in [-0.05, 0) is 35.4 Å².